The number of aromatic nitrogens is 2. The number of nitrogens with zero attached hydrogens (tertiary/aromatic N) is 3. The molecule has 11 heteroatoms. The lowest BCUT2D eigenvalue weighted by atomic mass is 9.91. The zero-order valence-corrected chi connectivity index (χ0v) is 24.7. The summed E-state index contributed by atoms with van der Waals surface area (Å²) in [4.78, 5) is 18.0. The maximum atomic E-state index is 13.3. The van der Waals surface area contributed by atoms with Crippen molar-refractivity contribution >= 4 is 11.6 Å². The third-order valence-electron chi connectivity index (χ3n) is 7.77. The zero-order valence-electron chi connectivity index (χ0n) is 24.7. The van der Waals surface area contributed by atoms with Crippen molar-refractivity contribution in [2.45, 2.75) is 84.4 Å². The van der Waals surface area contributed by atoms with Crippen LogP contribution in [0.3, 0.4) is 0 Å². The summed E-state index contributed by atoms with van der Waals surface area (Å²) in [5.41, 5.74) is 5.75. The van der Waals surface area contributed by atoms with Crippen LogP contribution in [0.1, 0.15) is 76.7 Å². The molecular weight excluding hydrogens is 535 g/mol. The second-order valence-corrected chi connectivity index (χ2v) is 11.0. The Labute approximate surface area is 241 Å². The second-order valence-electron chi connectivity index (χ2n) is 11.0. The molecule has 0 amide bonds. The van der Waals surface area contributed by atoms with E-state index in [0.29, 0.717) is 26.1 Å². The average molecular weight is 581 g/mol. The number of methoxy groups -OCH3 is 1. The number of halogens is 3. The molecule has 2 aliphatic rings. The Kier molecular flexibility index (Phi) is 12.2. The van der Waals surface area contributed by atoms with Crippen molar-refractivity contribution in [3.8, 4) is 0 Å². The Morgan fingerprint density at radius 3 is 2.68 bits per heavy atom. The van der Waals surface area contributed by atoms with Crippen LogP contribution in [0, 0.1) is 6.92 Å². The highest BCUT2D eigenvalue weighted by Gasteiger charge is 2.44. The number of unbranched alkanes of at least 4 members (excludes halogenated alkanes) is 1. The first kappa shape index (κ1) is 32.6. The molecule has 0 bridgehead atoms. The van der Waals surface area contributed by atoms with Gasteiger partial charge in [-0.25, -0.2) is 0 Å². The number of nitrogens with one attached hydrogen (secondary N) is 2. The molecule has 1 atom stereocenters. The van der Waals surface area contributed by atoms with Crippen LogP contribution in [0.5, 0.6) is 0 Å². The summed E-state index contributed by atoms with van der Waals surface area (Å²) in [5.74, 6) is -1.90. The van der Waals surface area contributed by atoms with Crippen molar-refractivity contribution in [3.05, 3.63) is 52.2 Å². The Bertz CT molecular complexity index is 1150. The van der Waals surface area contributed by atoms with Gasteiger partial charge in [0, 0.05) is 38.9 Å². The van der Waals surface area contributed by atoms with E-state index in [0.717, 1.165) is 51.6 Å². The average Bonchev–Trinajstić information content (AvgIpc) is 2.91. The monoisotopic (exact) mass is 580 g/mol. The minimum Gasteiger partial charge on any atom is -0.388 e. The number of ketones is 1. The fourth-order valence-corrected chi connectivity index (χ4v) is 5.31. The van der Waals surface area contributed by atoms with Gasteiger partial charge in [-0.15, -0.1) is 4.98 Å². The number of alkyl halides is 3. The topological polar surface area (TPSA) is 90.6 Å². The van der Waals surface area contributed by atoms with Gasteiger partial charge in [0.25, 0.3) is 5.82 Å². The number of ether oxygens (including phenoxy) is 1. The smallest absolute Gasteiger partial charge is 0.388 e. The van der Waals surface area contributed by atoms with E-state index in [4.69, 9.17) is 4.74 Å². The first-order chi connectivity index (χ1) is 19.5. The number of Topliss-reactive ketones (excluding diaryl/α,β-unsaturated/α-hetero) is 1. The Morgan fingerprint density at radius 1 is 1.20 bits per heavy atom. The molecular formula is C30H45F3N5O3+. The molecule has 0 saturated heterocycles. The third-order valence-corrected chi connectivity index (χ3v) is 7.77. The first-order valence-corrected chi connectivity index (χ1v) is 14.5. The minimum absolute atomic E-state index is 0.0334. The molecule has 1 aromatic heterocycles. The molecule has 0 saturated carbocycles. The van der Waals surface area contributed by atoms with Crippen LogP contribution in [-0.4, -0.2) is 66.8 Å². The largest absolute Gasteiger partial charge is 0.485 e. The van der Waals surface area contributed by atoms with Gasteiger partial charge < -0.3 is 20.2 Å². The number of hydrogen-bond donors (Lipinski definition) is 3. The van der Waals surface area contributed by atoms with E-state index in [1.165, 1.54) is 48.8 Å². The molecule has 1 aliphatic carbocycles. The number of allylic oxidation sites excluding steroid dienone is 6. The summed E-state index contributed by atoms with van der Waals surface area (Å²) >= 11 is 0. The van der Waals surface area contributed by atoms with Crippen LogP contribution in [-0.2, 0) is 15.7 Å². The summed E-state index contributed by atoms with van der Waals surface area (Å²) in [6.07, 6.45) is 7.56. The van der Waals surface area contributed by atoms with E-state index in [-0.39, 0.29) is 22.0 Å². The van der Waals surface area contributed by atoms with Gasteiger partial charge in [-0.2, -0.15) is 13.2 Å². The Hall–Kier alpha value is -2.92. The van der Waals surface area contributed by atoms with E-state index < -0.39 is 18.0 Å². The molecule has 0 unspecified atom stereocenters. The molecule has 0 spiro atoms. The number of hydrogen-bond acceptors (Lipinski definition) is 7. The number of carbonyl (C=O) groups excluding carboxylic acids is 1. The highest BCUT2D eigenvalue weighted by atomic mass is 19.4. The fourth-order valence-electron chi connectivity index (χ4n) is 5.31. The summed E-state index contributed by atoms with van der Waals surface area (Å²) in [5, 5.41) is 16.5. The predicted octanol–water partition coefficient (Wildman–Crippen LogP) is 5.12. The normalized spacial score (nSPS) is 19.3. The van der Waals surface area contributed by atoms with Gasteiger partial charge >= 0.3 is 12.0 Å². The van der Waals surface area contributed by atoms with E-state index >= 15 is 0 Å². The molecule has 2 heterocycles. The maximum absolute atomic E-state index is 13.3. The number of aryl methyl sites for hydroxylation is 1. The van der Waals surface area contributed by atoms with Crippen molar-refractivity contribution < 1.29 is 32.6 Å². The van der Waals surface area contributed by atoms with Gasteiger partial charge in [0.1, 0.15) is 11.7 Å². The summed E-state index contributed by atoms with van der Waals surface area (Å²) in [7, 11) is 1.64. The van der Waals surface area contributed by atoms with Crippen molar-refractivity contribution in [2.24, 2.45) is 0 Å². The third kappa shape index (κ3) is 9.85. The van der Waals surface area contributed by atoms with Crippen LogP contribution in [0.2, 0.25) is 0 Å². The van der Waals surface area contributed by atoms with Crippen molar-refractivity contribution in [3.63, 3.8) is 0 Å². The lowest BCUT2D eigenvalue weighted by molar-refractivity contribution is -0.906. The van der Waals surface area contributed by atoms with Gasteiger partial charge in [-0.1, -0.05) is 17.7 Å². The molecule has 0 radical (unpaired) electrons. The fraction of sp³-hybridized carbons (Fsp3) is 0.633. The number of rotatable bonds is 14. The molecule has 8 nitrogen and oxygen atoms in total. The highest BCUT2D eigenvalue weighted by Crippen LogP contribution is 2.28. The van der Waals surface area contributed by atoms with Gasteiger partial charge in [0.05, 0.1) is 12.7 Å². The van der Waals surface area contributed by atoms with Crippen molar-refractivity contribution in [1.29, 1.82) is 0 Å². The standard InChI is InChI=1S/C30H44F3N5O3/c1-21-10-13-27-25(9-7-15-34-27)12-11-24(21)8-5-6-16-37(18-19-41-4)17-14-26(23(3)39)36-28-20-22(2)35-29(38(28)40)30(31,32)33/h11-12,20,26,34,40H,5-10,13-19H2,1-4H3/p+1/b12-11-,24-21-/t26-/m0/s1. The molecule has 228 valence electrons. The van der Waals surface area contributed by atoms with Crippen molar-refractivity contribution in [1.82, 2.24) is 15.2 Å². The Balaban J connectivity index is 1.57. The van der Waals surface area contributed by atoms with E-state index in [1.807, 2.05) is 0 Å². The van der Waals surface area contributed by atoms with Crippen LogP contribution in [0.25, 0.3) is 0 Å². The molecule has 41 heavy (non-hydrogen) atoms. The van der Waals surface area contributed by atoms with Crippen molar-refractivity contribution in [2.75, 3.05) is 45.2 Å². The van der Waals surface area contributed by atoms with Crippen LogP contribution in [0.4, 0.5) is 19.0 Å². The van der Waals surface area contributed by atoms with Crippen LogP contribution in [0.15, 0.2) is 40.6 Å². The first-order valence-electron chi connectivity index (χ1n) is 14.5. The SMILES string of the molecule is COCCN(CCCCC1=C(\C)CCC2=C(/C=C\1)CCCN2)CC[C@H](Nc1cc(C)nc(C(F)(F)F)[n+]1O)C(C)=O. The summed E-state index contributed by atoms with van der Waals surface area (Å²) in [6.45, 7) is 8.66. The highest BCUT2D eigenvalue weighted by molar-refractivity contribution is 5.83. The van der Waals surface area contributed by atoms with E-state index in [1.54, 1.807) is 7.11 Å². The minimum atomic E-state index is -4.84. The van der Waals surface area contributed by atoms with Gasteiger partial charge in [-0.3, -0.25) is 10.1 Å². The molecule has 0 aromatic carbocycles. The lowest BCUT2D eigenvalue weighted by Gasteiger charge is -2.24. The van der Waals surface area contributed by atoms with Crippen LogP contribution >= 0.6 is 0 Å². The number of anilines is 1. The zero-order chi connectivity index (χ0) is 30.0. The molecule has 0 fully saturated rings. The number of carbonyl (C=O) groups is 1. The van der Waals surface area contributed by atoms with E-state index in [9.17, 15) is 23.2 Å². The summed E-state index contributed by atoms with van der Waals surface area (Å²) < 4.78 is 45.2. The Morgan fingerprint density at radius 2 is 1.98 bits per heavy atom. The predicted molar refractivity (Wildman–Crippen MR) is 152 cm³/mol. The molecule has 3 rings (SSSR count). The maximum Gasteiger partial charge on any atom is 0.485 e. The van der Waals surface area contributed by atoms with Gasteiger partial charge in [0.2, 0.25) is 0 Å². The van der Waals surface area contributed by atoms with Gasteiger partial charge in [-0.05, 0) is 88.1 Å². The van der Waals surface area contributed by atoms with Crippen LogP contribution < -0.4 is 15.4 Å². The van der Waals surface area contributed by atoms with E-state index in [2.05, 4.69) is 39.6 Å². The quantitative estimate of drug-likeness (QED) is 0.160. The lowest BCUT2D eigenvalue weighted by Crippen LogP contribution is -2.46. The molecule has 1 aliphatic heterocycles. The molecule has 3 N–H and O–H groups in total. The second kappa shape index (κ2) is 15.3. The van der Waals surface area contributed by atoms with Gasteiger partial charge in [0.15, 0.2) is 5.78 Å². The summed E-state index contributed by atoms with van der Waals surface area (Å²) in [6, 6.07) is 0.513. The molecule has 1 aromatic rings.